The lowest BCUT2D eigenvalue weighted by molar-refractivity contribution is 0.122. The van der Waals surface area contributed by atoms with Gasteiger partial charge in [-0.25, -0.2) is 9.97 Å². The molecule has 0 spiro atoms. The molecule has 0 aliphatic carbocycles. The molecule has 0 amide bonds. The maximum absolute atomic E-state index is 5.51. The minimum Gasteiger partial charge on any atom is -0.378 e. The van der Waals surface area contributed by atoms with Crippen LogP contribution < -0.4 is 4.90 Å². The molecule has 4 aromatic rings. The molecule has 7 nitrogen and oxygen atoms in total. The summed E-state index contributed by atoms with van der Waals surface area (Å²) in [6.45, 7) is 5.03. The number of benzene rings is 1. The molecule has 4 heterocycles. The van der Waals surface area contributed by atoms with E-state index in [1.165, 1.54) is 0 Å². The van der Waals surface area contributed by atoms with Crippen molar-refractivity contribution in [2.75, 3.05) is 31.2 Å². The summed E-state index contributed by atoms with van der Waals surface area (Å²) in [7, 11) is 0. The molecule has 26 heavy (non-hydrogen) atoms. The molecule has 1 aliphatic rings. The first-order valence-corrected chi connectivity index (χ1v) is 9.32. The van der Waals surface area contributed by atoms with Gasteiger partial charge in [0.05, 0.1) is 36.3 Å². The van der Waals surface area contributed by atoms with E-state index in [1.807, 2.05) is 31.5 Å². The number of imidazole rings is 1. The summed E-state index contributed by atoms with van der Waals surface area (Å²) in [5, 5.41) is 8.26. The van der Waals surface area contributed by atoms with E-state index in [2.05, 4.69) is 41.5 Å². The highest BCUT2D eigenvalue weighted by atomic mass is 79.9. The highest BCUT2D eigenvalue weighted by Crippen LogP contribution is 2.32. The molecule has 0 radical (unpaired) electrons. The lowest BCUT2D eigenvalue weighted by Crippen LogP contribution is -2.37. The molecule has 3 aromatic heterocycles. The zero-order valence-corrected chi connectivity index (χ0v) is 15.8. The number of hydrogen-bond donors (Lipinski definition) is 1. The van der Waals surface area contributed by atoms with E-state index < -0.39 is 0 Å². The Hall–Kier alpha value is -2.45. The van der Waals surface area contributed by atoms with Gasteiger partial charge in [-0.15, -0.1) is 0 Å². The summed E-state index contributed by atoms with van der Waals surface area (Å²) >= 11 is 3.67. The van der Waals surface area contributed by atoms with Crippen molar-refractivity contribution in [2.24, 2.45) is 0 Å². The molecule has 0 unspecified atom stereocenters. The predicted molar refractivity (Wildman–Crippen MR) is 104 cm³/mol. The van der Waals surface area contributed by atoms with Crippen LogP contribution in [0.25, 0.3) is 27.8 Å². The first-order valence-electron chi connectivity index (χ1n) is 8.53. The molecule has 1 N–H and O–H groups in total. The van der Waals surface area contributed by atoms with Crippen LogP contribution in [0.15, 0.2) is 35.2 Å². The van der Waals surface area contributed by atoms with Crippen molar-refractivity contribution in [3.8, 4) is 11.3 Å². The van der Waals surface area contributed by atoms with Crippen LogP contribution in [0.1, 0.15) is 5.69 Å². The third-order valence-corrected chi connectivity index (χ3v) is 5.72. The maximum atomic E-state index is 5.51. The van der Waals surface area contributed by atoms with Crippen molar-refractivity contribution in [3.05, 3.63) is 40.9 Å². The molecule has 1 fully saturated rings. The Morgan fingerprint density at radius 3 is 2.88 bits per heavy atom. The number of aromatic nitrogens is 5. The predicted octanol–water partition coefficient (Wildman–Crippen LogP) is 3.18. The summed E-state index contributed by atoms with van der Waals surface area (Å²) in [5.74, 6) is 0.889. The highest BCUT2D eigenvalue weighted by molar-refractivity contribution is 9.10. The van der Waals surface area contributed by atoms with Gasteiger partial charge in [-0.05, 0) is 28.9 Å². The van der Waals surface area contributed by atoms with Crippen molar-refractivity contribution in [2.45, 2.75) is 6.92 Å². The standard InChI is InChI=1S/C18H17BrN6O/c1-11-16(19)25-10-15(12-3-2-4-14-13(12)9-20-23-14)22-17(18(25)21-11)24-5-7-26-8-6-24/h2-4,9-10H,5-8H2,1H3,(H,20,23). The van der Waals surface area contributed by atoms with Crippen LogP contribution in [-0.2, 0) is 4.74 Å². The van der Waals surface area contributed by atoms with Gasteiger partial charge in [-0.2, -0.15) is 5.10 Å². The second-order valence-electron chi connectivity index (χ2n) is 6.37. The number of aryl methyl sites for hydroxylation is 1. The Kier molecular flexibility index (Phi) is 3.68. The molecule has 0 saturated carbocycles. The lowest BCUT2D eigenvalue weighted by atomic mass is 10.1. The smallest absolute Gasteiger partial charge is 0.181 e. The first-order chi connectivity index (χ1) is 12.7. The van der Waals surface area contributed by atoms with Crippen LogP contribution in [-0.4, -0.2) is 50.9 Å². The van der Waals surface area contributed by atoms with Crippen LogP contribution in [0.4, 0.5) is 5.82 Å². The lowest BCUT2D eigenvalue weighted by Gasteiger charge is -2.28. The summed E-state index contributed by atoms with van der Waals surface area (Å²) in [6.07, 6.45) is 3.88. The van der Waals surface area contributed by atoms with E-state index in [0.717, 1.165) is 57.0 Å². The average molecular weight is 413 g/mol. The molecule has 132 valence electrons. The summed E-state index contributed by atoms with van der Waals surface area (Å²) in [4.78, 5) is 12.0. The van der Waals surface area contributed by atoms with Gasteiger partial charge in [0.25, 0.3) is 0 Å². The first kappa shape index (κ1) is 15.8. The van der Waals surface area contributed by atoms with Crippen molar-refractivity contribution < 1.29 is 4.74 Å². The summed E-state index contributed by atoms with van der Waals surface area (Å²) in [5.41, 5.74) is 4.74. The minimum atomic E-state index is 0.705. The SMILES string of the molecule is Cc1nc2c(N3CCOCC3)nc(-c3cccc4[nH]ncc34)cn2c1Br. The van der Waals surface area contributed by atoms with E-state index in [0.29, 0.717) is 13.2 Å². The Morgan fingerprint density at radius 1 is 1.19 bits per heavy atom. The number of aromatic amines is 1. The zero-order valence-electron chi connectivity index (χ0n) is 14.2. The Morgan fingerprint density at radius 2 is 2.04 bits per heavy atom. The number of H-pyrrole nitrogens is 1. The topological polar surface area (TPSA) is 71.3 Å². The van der Waals surface area contributed by atoms with E-state index >= 15 is 0 Å². The molecule has 1 saturated heterocycles. The molecule has 5 rings (SSSR count). The molecule has 8 heteroatoms. The Balaban J connectivity index is 1.78. The fraction of sp³-hybridized carbons (Fsp3) is 0.278. The van der Waals surface area contributed by atoms with Crippen LogP contribution in [0.2, 0.25) is 0 Å². The maximum Gasteiger partial charge on any atom is 0.181 e. The van der Waals surface area contributed by atoms with Gasteiger partial charge in [0, 0.05) is 30.2 Å². The number of hydrogen-bond acceptors (Lipinski definition) is 5. The van der Waals surface area contributed by atoms with Gasteiger partial charge < -0.3 is 9.64 Å². The van der Waals surface area contributed by atoms with Gasteiger partial charge >= 0.3 is 0 Å². The monoisotopic (exact) mass is 412 g/mol. The van der Waals surface area contributed by atoms with Gasteiger partial charge in [0.2, 0.25) is 0 Å². The number of nitrogens with one attached hydrogen (secondary N) is 1. The van der Waals surface area contributed by atoms with Gasteiger partial charge in [0.15, 0.2) is 11.5 Å². The summed E-state index contributed by atoms with van der Waals surface area (Å²) < 4.78 is 8.53. The fourth-order valence-corrected chi connectivity index (χ4v) is 3.78. The van der Waals surface area contributed by atoms with E-state index in [-0.39, 0.29) is 0 Å². The van der Waals surface area contributed by atoms with Crippen molar-refractivity contribution in [1.82, 2.24) is 24.6 Å². The third-order valence-electron chi connectivity index (χ3n) is 4.76. The van der Waals surface area contributed by atoms with E-state index in [4.69, 9.17) is 14.7 Å². The van der Waals surface area contributed by atoms with E-state index in [9.17, 15) is 0 Å². The third kappa shape index (κ3) is 2.40. The van der Waals surface area contributed by atoms with Crippen molar-refractivity contribution >= 4 is 38.3 Å². The number of anilines is 1. The number of nitrogens with zero attached hydrogens (tertiary/aromatic N) is 5. The van der Waals surface area contributed by atoms with Crippen LogP contribution >= 0.6 is 15.9 Å². The van der Waals surface area contributed by atoms with Crippen molar-refractivity contribution in [1.29, 1.82) is 0 Å². The van der Waals surface area contributed by atoms with Gasteiger partial charge in [0.1, 0.15) is 4.60 Å². The minimum absolute atomic E-state index is 0.705. The summed E-state index contributed by atoms with van der Waals surface area (Å²) in [6, 6.07) is 6.11. The Bertz CT molecular complexity index is 1110. The molecule has 1 aliphatic heterocycles. The average Bonchev–Trinajstić information content (AvgIpc) is 3.27. The van der Waals surface area contributed by atoms with Gasteiger partial charge in [-0.1, -0.05) is 12.1 Å². The highest BCUT2D eigenvalue weighted by Gasteiger charge is 2.21. The molecule has 0 bridgehead atoms. The van der Waals surface area contributed by atoms with Crippen molar-refractivity contribution in [3.63, 3.8) is 0 Å². The van der Waals surface area contributed by atoms with Gasteiger partial charge in [-0.3, -0.25) is 9.50 Å². The Labute approximate surface area is 158 Å². The number of fused-ring (bicyclic) bond motifs is 2. The van der Waals surface area contributed by atoms with Crippen LogP contribution in [0.5, 0.6) is 0 Å². The molecule has 1 aromatic carbocycles. The number of rotatable bonds is 2. The second-order valence-corrected chi connectivity index (χ2v) is 7.12. The van der Waals surface area contributed by atoms with Crippen LogP contribution in [0, 0.1) is 6.92 Å². The zero-order chi connectivity index (χ0) is 17.7. The number of ether oxygens (including phenoxy) is 1. The molecular formula is C18H17BrN6O. The van der Waals surface area contributed by atoms with Crippen LogP contribution in [0.3, 0.4) is 0 Å². The number of morpholine rings is 1. The quantitative estimate of drug-likeness (QED) is 0.547. The normalized spacial score (nSPS) is 15.2. The number of halogens is 1. The molecular weight excluding hydrogens is 396 g/mol. The van der Waals surface area contributed by atoms with E-state index in [1.54, 1.807) is 0 Å². The largest absolute Gasteiger partial charge is 0.378 e. The molecule has 0 atom stereocenters. The fourth-order valence-electron chi connectivity index (χ4n) is 3.43. The second kappa shape index (κ2) is 6.07.